The number of hydrogen-bond donors (Lipinski definition) is 0. The van der Waals surface area contributed by atoms with Crippen molar-refractivity contribution in [2.75, 3.05) is 0 Å². The molecule has 0 aliphatic carbocycles. The average molecular weight is 383 g/mol. The maximum atomic E-state index is 12.6. The molecule has 0 radical (unpaired) electrons. The highest BCUT2D eigenvalue weighted by Gasteiger charge is 2.23. The zero-order chi connectivity index (χ0) is 19.0. The molecule has 0 N–H and O–H groups in total. The Bertz CT molecular complexity index is 980. The van der Waals surface area contributed by atoms with E-state index < -0.39 is 14.9 Å². The first-order valence-electron chi connectivity index (χ1n) is 7.73. The van der Waals surface area contributed by atoms with Gasteiger partial charge in [-0.25, -0.2) is 0 Å². The molecule has 0 aliphatic rings. The molecule has 0 aliphatic heterocycles. The maximum Gasteiger partial charge on any atom is 0.285 e. The van der Waals surface area contributed by atoms with Gasteiger partial charge in [-0.2, -0.15) is 8.42 Å². The van der Waals surface area contributed by atoms with Crippen molar-refractivity contribution in [3.8, 4) is 0 Å². The van der Waals surface area contributed by atoms with Crippen LogP contribution in [0.4, 0.5) is 5.69 Å². The molecule has 1 heterocycles. The monoisotopic (exact) mass is 383 g/mol. The van der Waals surface area contributed by atoms with Gasteiger partial charge in [0.15, 0.2) is 0 Å². The fraction of sp³-hybridized carbons (Fsp3) is 0.438. The van der Waals surface area contributed by atoms with Crippen LogP contribution in [-0.4, -0.2) is 17.9 Å². The van der Waals surface area contributed by atoms with Gasteiger partial charge in [0.25, 0.3) is 15.7 Å². The van der Waals surface area contributed by atoms with Gasteiger partial charge < -0.3 is 4.57 Å². The van der Waals surface area contributed by atoms with Gasteiger partial charge in [-0.1, -0.05) is 26.8 Å². The Kier molecular flexibility index (Phi) is 5.19. The van der Waals surface area contributed by atoms with Crippen molar-refractivity contribution in [2.45, 2.75) is 51.5 Å². The lowest BCUT2D eigenvalue weighted by Crippen LogP contribution is -2.18. The average Bonchev–Trinajstić information content (AvgIpc) is 2.82. The highest BCUT2D eigenvalue weighted by atomic mass is 32.2. The summed E-state index contributed by atoms with van der Waals surface area (Å²) in [5.74, 6) is 0. The standard InChI is InChI=1S/C16H21N3O4S2/c1-6-18-11(2)14(16(3,4)5)24-15(18)17-25(22,23)13-9-7-8-12(10-13)19(20)21/h7-10H,6H2,1-5H3/b17-15+. The van der Waals surface area contributed by atoms with Gasteiger partial charge >= 0.3 is 0 Å². The number of non-ortho nitro benzene ring substituents is 1. The minimum Gasteiger partial charge on any atom is -0.320 e. The lowest BCUT2D eigenvalue weighted by Gasteiger charge is -2.17. The predicted molar refractivity (Wildman–Crippen MR) is 97.3 cm³/mol. The van der Waals surface area contributed by atoms with Crippen molar-refractivity contribution in [1.29, 1.82) is 0 Å². The lowest BCUT2D eigenvalue weighted by molar-refractivity contribution is -0.385. The number of sulfonamides is 1. The molecule has 0 saturated carbocycles. The van der Waals surface area contributed by atoms with Gasteiger partial charge in [-0.05, 0) is 25.3 Å². The Morgan fingerprint density at radius 3 is 2.48 bits per heavy atom. The second kappa shape index (κ2) is 6.72. The second-order valence-corrected chi connectivity index (χ2v) is 9.20. The second-order valence-electron chi connectivity index (χ2n) is 6.61. The molecule has 136 valence electrons. The summed E-state index contributed by atoms with van der Waals surface area (Å²) in [4.78, 5) is 11.5. The first-order valence-corrected chi connectivity index (χ1v) is 9.99. The van der Waals surface area contributed by atoms with E-state index in [0.29, 0.717) is 11.3 Å². The number of aromatic nitrogens is 1. The van der Waals surface area contributed by atoms with Gasteiger partial charge in [0.2, 0.25) is 4.80 Å². The van der Waals surface area contributed by atoms with E-state index in [2.05, 4.69) is 25.2 Å². The maximum absolute atomic E-state index is 12.6. The van der Waals surface area contributed by atoms with Crippen molar-refractivity contribution in [3.63, 3.8) is 0 Å². The van der Waals surface area contributed by atoms with Crippen LogP contribution in [0.25, 0.3) is 0 Å². The molecule has 0 unspecified atom stereocenters. The summed E-state index contributed by atoms with van der Waals surface area (Å²) in [6, 6.07) is 4.93. The molecule has 2 rings (SSSR count). The van der Waals surface area contributed by atoms with Crippen LogP contribution in [0, 0.1) is 17.0 Å². The zero-order valence-electron chi connectivity index (χ0n) is 14.8. The minimum absolute atomic E-state index is 0.130. The van der Waals surface area contributed by atoms with Crippen LogP contribution in [0.15, 0.2) is 33.6 Å². The third-order valence-electron chi connectivity index (χ3n) is 3.68. The quantitative estimate of drug-likeness (QED) is 0.597. The fourth-order valence-electron chi connectivity index (χ4n) is 2.54. The van der Waals surface area contributed by atoms with Crippen LogP contribution in [0.1, 0.15) is 38.3 Å². The smallest absolute Gasteiger partial charge is 0.285 e. The highest BCUT2D eigenvalue weighted by Crippen LogP contribution is 2.28. The zero-order valence-corrected chi connectivity index (χ0v) is 16.4. The Balaban J connectivity index is 2.67. The highest BCUT2D eigenvalue weighted by molar-refractivity contribution is 7.90. The third-order valence-corrected chi connectivity index (χ3v) is 6.66. The van der Waals surface area contributed by atoms with Crippen LogP contribution in [-0.2, 0) is 22.0 Å². The summed E-state index contributed by atoms with van der Waals surface area (Å²) in [7, 11) is -4.04. The van der Waals surface area contributed by atoms with Gasteiger partial charge in [-0.3, -0.25) is 10.1 Å². The molecular formula is C16H21N3O4S2. The molecule has 0 atom stereocenters. The van der Waals surface area contributed by atoms with Crippen LogP contribution < -0.4 is 4.80 Å². The number of nitrogens with zero attached hydrogens (tertiary/aromatic N) is 3. The van der Waals surface area contributed by atoms with E-state index in [1.54, 1.807) is 0 Å². The minimum atomic E-state index is -4.04. The number of hydrogen-bond acceptors (Lipinski definition) is 5. The molecule has 7 nitrogen and oxygen atoms in total. The van der Waals surface area contributed by atoms with Crippen molar-refractivity contribution in [2.24, 2.45) is 4.40 Å². The largest absolute Gasteiger partial charge is 0.320 e. The van der Waals surface area contributed by atoms with E-state index in [0.717, 1.165) is 16.6 Å². The van der Waals surface area contributed by atoms with Crippen LogP contribution in [0.3, 0.4) is 0 Å². The Morgan fingerprint density at radius 1 is 1.32 bits per heavy atom. The van der Waals surface area contributed by atoms with Crippen LogP contribution in [0.2, 0.25) is 0 Å². The SMILES string of the molecule is CCn1c(C)c(C(C)(C)C)s/c1=N/S(=O)(=O)c1cccc([N+](=O)[O-])c1. The Morgan fingerprint density at radius 2 is 1.96 bits per heavy atom. The summed E-state index contributed by atoms with van der Waals surface area (Å²) in [5, 5.41) is 10.9. The van der Waals surface area contributed by atoms with E-state index in [1.807, 2.05) is 18.4 Å². The molecule has 0 amide bonds. The van der Waals surface area contributed by atoms with E-state index in [9.17, 15) is 18.5 Å². The predicted octanol–water partition coefficient (Wildman–Crippen LogP) is 3.37. The first-order chi connectivity index (χ1) is 11.5. The number of benzene rings is 1. The molecule has 1 aromatic heterocycles. The van der Waals surface area contributed by atoms with E-state index in [4.69, 9.17) is 0 Å². The molecule has 0 fully saturated rings. The van der Waals surface area contributed by atoms with Crippen molar-refractivity contribution in [1.82, 2.24) is 4.57 Å². The molecule has 0 bridgehead atoms. The van der Waals surface area contributed by atoms with Gasteiger partial charge in [0, 0.05) is 29.2 Å². The molecular weight excluding hydrogens is 362 g/mol. The number of nitro groups is 1. The fourth-order valence-corrected chi connectivity index (χ4v) is 5.03. The summed E-state index contributed by atoms with van der Waals surface area (Å²) < 4.78 is 31.0. The summed E-state index contributed by atoms with van der Waals surface area (Å²) >= 11 is 1.33. The van der Waals surface area contributed by atoms with Crippen LogP contribution >= 0.6 is 11.3 Å². The number of nitro benzene ring substituents is 1. The van der Waals surface area contributed by atoms with Crippen molar-refractivity contribution in [3.05, 3.63) is 49.8 Å². The molecule has 9 heteroatoms. The molecule has 2 aromatic rings. The summed E-state index contributed by atoms with van der Waals surface area (Å²) in [6.45, 7) is 10.6. The Labute approximate surface area is 150 Å². The molecule has 0 saturated heterocycles. The lowest BCUT2D eigenvalue weighted by atomic mass is 9.93. The van der Waals surface area contributed by atoms with E-state index in [-0.39, 0.29) is 16.0 Å². The van der Waals surface area contributed by atoms with Gasteiger partial charge in [0.1, 0.15) is 0 Å². The van der Waals surface area contributed by atoms with E-state index in [1.165, 1.54) is 29.5 Å². The number of rotatable bonds is 4. The Hall–Kier alpha value is -2.00. The van der Waals surface area contributed by atoms with Crippen molar-refractivity contribution >= 4 is 27.0 Å². The molecule has 0 spiro atoms. The van der Waals surface area contributed by atoms with Gasteiger partial charge in [0.05, 0.1) is 9.82 Å². The van der Waals surface area contributed by atoms with Crippen molar-refractivity contribution < 1.29 is 13.3 Å². The van der Waals surface area contributed by atoms with E-state index >= 15 is 0 Å². The normalized spacial score (nSPS) is 13.2. The molecule has 25 heavy (non-hydrogen) atoms. The third kappa shape index (κ3) is 3.98. The van der Waals surface area contributed by atoms with Gasteiger partial charge in [-0.15, -0.1) is 15.7 Å². The molecule has 1 aromatic carbocycles. The van der Waals surface area contributed by atoms with Crippen LogP contribution in [0.5, 0.6) is 0 Å². The summed E-state index contributed by atoms with van der Waals surface area (Å²) in [6.07, 6.45) is 0. The number of thiazole rings is 1. The first kappa shape index (κ1) is 19.3. The topological polar surface area (TPSA) is 94.6 Å². The summed E-state index contributed by atoms with van der Waals surface area (Å²) in [5.41, 5.74) is 0.569.